The summed E-state index contributed by atoms with van der Waals surface area (Å²) < 4.78 is 9.40. The minimum absolute atomic E-state index is 0.422. The number of hydrogen-bond donors (Lipinski definition) is 0. The lowest BCUT2D eigenvalue weighted by atomic mass is 9.81. The third-order valence-electron chi connectivity index (χ3n) is 4.08. The number of carbonyl (C=O) groups excluding carboxylic acids is 1. The van der Waals surface area contributed by atoms with E-state index in [9.17, 15) is 4.79 Å². The fraction of sp³-hybridized carbons (Fsp3) is 0.588. The van der Waals surface area contributed by atoms with Crippen molar-refractivity contribution in [3.8, 4) is 0 Å². The van der Waals surface area contributed by atoms with Gasteiger partial charge >= 0.3 is 6.16 Å². The van der Waals surface area contributed by atoms with Crippen molar-refractivity contribution in [2.45, 2.75) is 50.9 Å². The van der Waals surface area contributed by atoms with Crippen LogP contribution in [0.3, 0.4) is 0 Å². The number of aryl methyl sites for hydroxylation is 1. The summed E-state index contributed by atoms with van der Waals surface area (Å²) in [6.45, 7) is 0.422. The molecule has 1 aliphatic rings. The molecule has 3 heteroatoms. The molecule has 1 aromatic rings. The van der Waals surface area contributed by atoms with Crippen molar-refractivity contribution < 1.29 is 14.3 Å². The highest BCUT2D eigenvalue weighted by atomic mass is 16.7. The van der Waals surface area contributed by atoms with Crippen molar-refractivity contribution in [1.82, 2.24) is 0 Å². The van der Waals surface area contributed by atoms with Crippen LogP contribution in [0.5, 0.6) is 0 Å². The molecule has 0 unspecified atom stereocenters. The smallest absolute Gasteiger partial charge is 0.438 e. The molecule has 0 atom stereocenters. The lowest BCUT2D eigenvalue weighted by Gasteiger charge is -2.24. The molecule has 0 aliphatic heterocycles. The van der Waals surface area contributed by atoms with Crippen molar-refractivity contribution in [3.63, 3.8) is 0 Å². The van der Waals surface area contributed by atoms with E-state index in [0.29, 0.717) is 6.61 Å². The highest BCUT2D eigenvalue weighted by Crippen LogP contribution is 2.34. The molecule has 0 amide bonds. The lowest BCUT2D eigenvalue weighted by Crippen LogP contribution is -2.09. The van der Waals surface area contributed by atoms with Gasteiger partial charge in [0.1, 0.15) is 0 Å². The molecule has 0 spiro atoms. The van der Waals surface area contributed by atoms with Crippen LogP contribution in [0.4, 0.5) is 4.79 Å². The largest absolute Gasteiger partial charge is 0.507 e. The van der Waals surface area contributed by atoms with Crippen LogP contribution in [0.1, 0.15) is 55.6 Å². The summed E-state index contributed by atoms with van der Waals surface area (Å²) in [4.78, 5) is 10.9. The molecule has 0 heterocycles. The third kappa shape index (κ3) is 4.26. The van der Waals surface area contributed by atoms with E-state index in [-0.39, 0.29) is 0 Å². The maximum atomic E-state index is 10.9. The molecule has 0 radical (unpaired) electrons. The number of rotatable bonds is 5. The first kappa shape index (κ1) is 14.9. The molecule has 1 fully saturated rings. The van der Waals surface area contributed by atoms with Crippen LogP contribution in [0.25, 0.3) is 0 Å². The lowest BCUT2D eigenvalue weighted by molar-refractivity contribution is 0.0719. The van der Waals surface area contributed by atoms with E-state index in [4.69, 9.17) is 4.74 Å². The number of ether oxygens (including phenoxy) is 2. The van der Waals surface area contributed by atoms with E-state index in [2.05, 4.69) is 29.0 Å². The van der Waals surface area contributed by atoms with E-state index in [1.165, 1.54) is 50.3 Å². The minimum Gasteiger partial charge on any atom is -0.438 e. The summed E-state index contributed by atoms with van der Waals surface area (Å²) in [7, 11) is 1.33. The second-order valence-corrected chi connectivity index (χ2v) is 5.44. The maximum absolute atomic E-state index is 10.9. The first-order chi connectivity index (χ1) is 9.81. The zero-order valence-electron chi connectivity index (χ0n) is 12.3. The number of carbonyl (C=O) groups is 1. The van der Waals surface area contributed by atoms with Gasteiger partial charge in [-0.15, -0.1) is 0 Å². The van der Waals surface area contributed by atoms with Gasteiger partial charge in [0.2, 0.25) is 0 Å². The van der Waals surface area contributed by atoms with Crippen molar-refractivity contribution in [2.24, 2.45) is 0 Å². The molecule has 110 valence electrons. The summed E-state index contributed by atoms with van der Waals surface area (Å²) in [6, 6.07) is 8.72. The van der Waals surface area contributed by atoms with Crippen molar-refractivity contribution in [2.75, 3.05) is 13.7 Å². The normalized spacial score (nSPS) is 15.8. The summed E-state index contributed by atoms with van der Waals surface area (Å²) in [5, 5.41) is 0. The quantitative estimate of drug-likeness (QED) is 0.588. The van der Waals surface area contributed by atoms with Crippen LogP contribution < -0.4 is 0 Å². The molecule has 1 aliphatic carbocycles. The summed E-state index contributed by atoms with van der Waals surface area (Å²) >= 11 is 0. The summed E-state index contributed by atoms with van der Waals surface area (Å²) in [6.07, 6.45) is 7.93. The topological polar surface area (TPSA) is 35.5 Å². The van der Waals surface area contributed by atoms with Gasteiger partial charge in [0, 0.05) is 0 Å². The zero-order chi connectivity index (χ0) is 14.2. The van der Waals surface area contributed by atoms with Gasteiger partial charge in [-0.3, -0.25) is 0 Å². The second-order valence-electron chi connectivity index (χ2n) is 5.44. The standard InChI is InChI=1S/C17H24O3/c1-19-17(18)20-13-7-11-15-10-5-6-12-16(15)14-8-3-2-4-9-14/h5-6,10,12,14H,2-4,7-9,11,13H2,1H3. The van der Waals surface area contributed by atoms with Gasteiger partial charge in [0.25, 0.3) is 0 Å². The van der Waals surface area contributed by atoms with Gasteiger partial charge in [-0.05, 0) is 42.7 Å². The number of benzene rings is 1. The third-order valence-corrected chi connectivity index (χ3v) is 4.08. The Morgan fingerprint density at radius 2 is 1.95 bits per heavy atom. The van der Waals surface area contributed by atoms with Crippen molar-refractivity contribution in [3.05, 3.63) is 35.4 Å². The van der Waals surface area contributed by atoms with Gasteiger partial charge in [0.05, 0.1) is 13.7 Å². The van der Waals surface area contributed by atoms with Crippen molar-refractivity contribution >= 4 is 6.16 Å². The van der Waals surface area contributed by atoms with Gasteiger partial charge in [-0.2, -0.15) is 0 Å². The predicted molar refractivity (Wildman–Crippen MR) is 78.9 cm³/mol. The molecule has 20 heavy (non-hydrogen) atoms. The molecule has 0 aromatic heterocycles. The SMILES string of the molecule is COC(=O)OCCCc1ccccc1C1CCCCC1. The molecular weight excluding hydrogens is 252 g/mol. The Kier molecular flexibility index (Phi) is 5.90. The number of methoxy groups -OCH3 is 1. The number of hydrogen-bond acceptors (Lipinski definition) is 3. The highest BCUT2D eigenvalue weighted by Gasteiger charge is 2.17. The first-order valence-electron chi connectivity index (χ1n) is 7.60. The first-order valence-corrected chi connectivity index (χ1v) is 7.60. The molecule has 1 saturated carbocycles. The molecule has 0 saturated heterocycles. The molecule has 1 aromatic carbocycles. The van der Waals surface area contributed by atoms with Crippen LogP contribution >= 0.6 is 0 Å². The zero-order valence-corrected chi connectivity index (χ0v) is 12.3. The Hall–Kier alpha value is -1.51. The second kappa shape index (κ2) is 7.93. The summed E-state index contributed by atoms with van der Waals surface area (Å²) in [5.41, 5.74) is 2.91. The van der Waals surface area contributed by atoms with Gasteiger partial charge < -0.3 is 9.47 Å². The van der Waals surface area contributed by atoms with Crippen molar-refractivity contribution in [1.29, 1.82) is 0 Å². The van der Waals surface area contributed by atoms with E-state index in [1.54, 1.807) is 0 Å². The maximum Gasteiger partial charge on any atom is 0.507 e. The molecular formula is C17H24O3. The van der Waals surface area contributed by atoms with Gasteiger partial charge in [-0.1, -0.05) is 43.5 Å². The van der Waals surface area contributed by atoms with Crippen LogP contribution in [0, 0.1) is 0 Å². The Balaban J connectivity index is 1.88. The summed E-state index contributed by atoms with van der Waals surface area (Å²) in [5.74, 6) is 0.724. The Morgan fingerprint density at radius 3 is 2.70 bits per heavy atom. The predicted octanol–water partition coefficient (Wildman–Crippen LogP) is 4.45. The van der Waals surface area contributed by atoms with E-state index < -0.39 is 6.16 Å². The monoisotopic (exact) mass is 276 g/mol. The molecule has 0 bridgehead atoms. The fourth-order valence-electron chi connectivity index (χ4n) is 3.05. The Morgan fingerprint density at radius 1 is 1.20 bits per heavy atom. The fourth-order valence-corrected chi connectivity index (χ4v) is 3.05. The average molecular weight is 276 g/mol. The van der Waals surface area contributed by atoms with Crippen LogP contribution in [-0.4, -0.2) is 19.9 Å². The van der Waals surface area contributed by atoms with Crippen LogP contribution in [-0.2, 0) is 15.9 Å². The van der Waals surface area contributed by atoms with Crippen LogP contribution in [0.15, 0.2) is 24.3 Å². The molecule has 0 N–H and O–H groups in total. The van der Waals surface area contributed by atoms with Gasteiger partial charge in [0.15, 0.2) is 0 Å². The average Bonchev–Trinajstić information content (AvgIpc) is 2.52. The van der Waals surface area contributed by atoms with E-state index >= 15 is 0 Å². The van der Waals surface area contributed by atoms with Gasteiger partial charge in [-0.25, -0.2) is 4.79 Å². The van der Waals surface area contributed by atoms with Crippen LogP contribution in [0.2, 0.25) is 0 Å². The molecule has 2 rings (SSSR count). The van der Waals surface area contributed by atoms with E-state index in [1.807, 2.05) is 0 Å². The Bertz CT molecular complexity index is 422. The van der Waals surface area contributed by atoms with E-state index in [0.717, 1.165) is 18.8 Å². The minimum atomic E-state index is -0.592. The highest BCUT2D eigenvalue weighted by molar-refractivity contribution is 5.59. The molecule has 3 nitrogen and oxygen atoms in total. The Labute approximate surface area is 121 Å².